The molecule has 1 aromatic rings. The fourth-order valence-electron chi connectivity index (χ4n) is 1.62. The first-order valence-electron chi connectivity index (χ1n) is 5.82. The van der Waals surface area contributed by atoms with Crippen LogP contribution in [0.2, 0.25) is 0 Å². The highest BCUT2D eigenvalue weighted by Gasteiger charge is 2.12. The van der Waals surface area contributed by atoms with Gasteiger partial charge in [0.1, 0.15) is 5.75 Å². The molecule has 0 aromatic heterocycles. The van der Waals surface area contributed by atoms with E-state index in [1.165, 1.54) is 0 Å². The van der Waals surface area contributed by atoms with Gasteiger partial charge in [0.25, 0.3) is 0 Å². The Morgan fingerprint density at radius 1 is 1.50 bits per heavy atom. The molecule has 4 nitrogen and oxygen atoms in total. The van der Waals surface area contributed by atoms with Crippen molar-refractivity contribution < 1.29 is 14.6 Å². The molecule has 0 heterocycles. The summed E-state index contributed by atoms with van der Waals surface area (Å²) in [7, 11) is 1.58. The Kier molecular flexibility index (Phi) is 6.32. The summed E-state index contributed by atoms with van der Waals surface area (Å²) in [5.74, 6) is 0.739. The molecule has 0 amide bonds. The Morgan fingerprint density at radius 2 is 2.22 bits per heavy atom. The highest BCUT2D eigenvalue weighted by atomic mass is 79.9. The molecule has 0 saturated heterocycles. The molecule has 0 unspecified atom stereocenters. The first kappa shape index (κ1) is 15.1. The monoisotopic (exact) mass is 315 g/mol. The predicted octanol–water partition coefficient (Wildman–Crippen LogP) is 1.95. The van der Waals surface area contributed by atoms with Crippen molar-refractivity contribution in [1.82, 2.24) is 4.90 Å². The maximum absolute atomic E-state index is 12.1. The summed E-state index contributed by atoms with van der Waals surface area (Å²) < 4.78 is 5.88. The molecule has 0 atom stereocenters. The summed E-state index contributed by atoms with van der Waals surface area (Å²) in [6.45, 7) is 3.60. The van der Waals surface area contributed by atoms with Gasteiger partial charge >= 0.3 is 0 Å². The Morgan fingerprint density at radius 3 is 2.72 bits per heavy atom. The Bertz CT molecular complexity index is 409. The number of carbonyl (C=O) groups is 1. The second-order valence-corrected chi connectivity index (χ2v) is 4.72. The van der Waals surface area contributed by atoms with Gasteiger partial charge in [0.15, 0.2) is 5.78 Å². The van der Waals surface area contributed by atoms with E-state index >= 15 is 0 Å². The fourth-order valence-corrected chi connectivity index (χ4v) is 2.17. The lowest BCUT2D eigenvalue weighted by molar-refractivity contribution is 0.0919. The van der Waals surface area contributed by atoms with Gasteiger partial charge in [-0.05, 0) is 40.7 Å². The number of likely N-dealkylation sites (N-methyl/N-ethyl adjacent to an activating group) is 1. The van der Waals surface area contributed by atoms with Crippen LogP contribution in [0.4, 0.5) is 0 Å². The summed E-state index contributed by atoms with van der Waals surface area (Å²) >= 11 is 3.36. The second-order valence-electron chi connectivity index (χ2n) is 3.86. The molecule has 0 radical (unpaired) electrons. The minimum Gasteiger partial charge on any atom is -0.496 e. The number of halogens is 1. The Balaban J connectivity index is 2.74. The maximum Gasteiger partial charge on any atom is 0.176 e. The number of hydrogen-bond acceptors (Lipinski definition) is 4. The summed E-state index contributed by atoms with van der Waals surface area (Å²) in [5, 5.41) is 8.89. The number of aliphatic hydroxyl groups is 1. The molecule has 0 saturated carbocycles. The van der Waals surface area contributed by atoms with Gasteiger partial charge in [-0.2, -0.15) is 0 Å². The van der Waals surface area contributed by atoms with E-state index in [-0.39, 0.29) is 12.4 Å². The molecule has 0 spiro atoms. The van der Waals surface area contributed by atoms with Gasteiger partial charge in [-0.25, -0.2) is 0 Å². The van der Waals surface area contributed by atoms with Gasteiger partial charge in [0.05, 0.1) is 24.7 Å². The van der Waals surface area contributed by atoms with Crippen LogP contribution in [0.25, 0.3) is 0 Å². The molecule has 0 aliphatic heterocycles. The van der Waals surface area contributed by atoms with E-state index in [0.29, 0.717) is 24.4 Å². The number of carbonyl (C=O) groups excluding carboxylic acids is 1. The van der Waals surface area contributed by atoms with E-state index in [9.17, 15) is 4.79 Å². The van der Waals surface area contributed by atoms with Crippen LogP contribution < -0.4 is 4.74 Å². The van der Waals surface area contributed by atoms with Crippen molar-refractivity contribution in [3.63, 3.8) is 0 Å². The number of rotatable bonds is 7. The lowest BCUT2D eigenvalue weighted by Gasteiger charge is -2.18. The van der Waals surface area contributed by atoms with Crippen LogP contribution in [0.15, 0.2) is 22.7 Å². The predicted molar refractivity (Wildman–Crippen MR) is 74.2 cm³/mol. The van der Waals surface area contributed by atoms with Crippen LogP contribution in [-0.2, 0) is 0 Å². The van der Waals surface area contributed by atoms with E-state index in [1.807, 2.05) is 11.8 Å². The average Bonchev–Trinajstić information content (AvgIpc) is 2.37. The highest BCUT2D eigenvalue weighted by Crippen LogP contribution is 2.25. The van der Waals surface area contributed by atoms with Crippen molar-refractivity contribution in [3.05, 3.63) is 28.2 Å². The van der Waals surface area contributed by atoms with Crippen molar-refractivity contribution in [2.75, 3.05) is 33.4 Å². The number of Topliss-reactive ketones (excluding diaryl/α,β-unsaturated/α-hetero) is 1. The minimum atomic E-state index is 0.0358. The SMILES string of the molecule is CCN(CCO)CC(=O)c1ccc(OC)c(Br)c1. The average molecular weight is 316 g/mol. The third kappa shape index (κ3) is 4.08. The number of ketones is 1. The van der Waals surface area contributed by atoms with Crippen LogP contribution in [0.1, 0.15) is 17.3 Å². The van der Waals surface area contributed by atoms with Crippen molar-refractivity contribution in [2.24, 2.45) is 0 Å². The first-order valence-corrected chi connectivity index (χ1v) is 6.61. The second kappa shape index (κ2) is 7.51. The molecule has 1 aromatic carbocycles. The maximum atomic E-state index is 12.1. The smallest absolute Gasteiger partial charge is 0.176 e. The van der Waals surface area contributed by atoms with E-state index in [2.05, 4.69) is 15.9 Å². The van der Waals surface area contributed by atoms with E-state index in [1.54, 1.807) is 25.3 Å². The lowest BCUT2D eigenvalue weighted by atomic mass is 10.1. The zero-order chi connectivity index (χ0) is 13.5. The molecule has 0 fully saturated rings. The lowest BCUT2D eigenvalue weighted by Crippen LogP contribution is -2.32. The number of ether oxygens (including phenoxy) is 1. The van der Waals surface area contributed by atoms with Gasteiger partial charge in [0, 0.05) is 12.1 Å². The van der Waals surface area contributed by atoms with Gasteiger partial charge in [-0.3, -0.25) is 9.69 Å². The first-order chi connectivity index (χ1) is 8.62. The summed E-state index contributed by atoms with van der Waals surface area (Å²) in [6.07, 6.45) is 0. The Hall–Kier alpha value is -0.910. The minimum absolute atomic E-state index is 0.0358. The van der Waals surface area contributed by atoms with Gasteiger partial charge < -0.3 is 9.84 Å². The largest absolute Gasteiger partial charge is 0.496 e. The van der Waals surface area contributed by atoms with Crippen molar-refractivity contribution >= 4 is 21.7 Å². The fraction of sp³-hybridized carbons (Fsp3) is 0.462. The van der Waals surface area contributed by atoms with Crippen LogP contribution in [0, 0.1) is 0 Å². The van der Waals surface area contributed by atoms with Crippen LogP contribution in [-0.4, -0.2) is 49.1 Å². The van der Waals surface area contributed by atoms with Crippen molar-refractivity contribution in [3.8, 4) is 5.75 Å². The van der Waals surface area contributed by atoms with Crippen LogP contribution in [0.3, 0.4) is 0 Å². The number of benzene rings is 1. The molecule has 0 aliphatic rings. The molecular formula is C13H18BrNO3. The molecule has 1 rings (SSSR count). The molecule has 5 heteroatoms. The normalized spacial score (nSPS) is 10.7. The third-order valence-electron chi connectivity index (χ3n) is 2.70. The molecule has 1 N–H and O–H groups in total. The zero-order valence-electron chi connectivity index (χ0n) is 10.6. The highest BCUT2D eigenvalue weighted by molar-refractivity contribution is 9.10. The number of nitrogens with zero attached hydrogens (tertiary/aromatic N) is 1. The van der Waals surface area contributed by atoms with E-state index in [0.717, 1.165) is 11.0 Å². The summed E-state index contributed by atoms with van der Waals surface area (Å²) in [4.78, 5) is 14.0. The van der Waals surface area contributed by atoms with Gasteiger partial charge in [-0.15, -0.1) is 0 Å². The molecule has 18 heavy (non-hydrogen) atoms. The quantitative estimate of drug-likeness (QED) is 0.781. The summed E-state index contributed by atoms with van der Waals surface area (Å²) in [6, 6.07) is 5.27. The Labute approximate surface area is 116 Å². The standard InChI is InChI=1S/C13H18BrNO3/c1-3-15(6-7-16)9-12(17)10-4-5-13(18-2)11(14)8-10/h4-5,8,16H,3,6-7,9H2,1-2H3. The molecule has 0 aliphatic carbocycles. The van der Waals surface area contributed by atoms with Gasteiger partial charge in [0.2, 0.25) is 0 Å². The number of methoxy groups -OCH3 is 1. The van der Waals surface area contributed by atoms with Crippen molar-refractivity contribution in [2.45, 2.75) is 6.92 Å². The number of hydrogen-bond donors (Lipinski definition) is 1. The van der Waals surface area contributed by atoms with E-state index < -0.39 is 0 Å². The third-order valence-corrected chi connectivity index (χ3v) is 3.32. The van der Waals surface area contributed by atoms with E-state index in [4.69, 9.17) is 9.84 Å². The summed E-state index contributed by atoms with van der Waals surface area (Å²) in [5.41, 5.74) is 0.638. The van der Waals surface area contributed by atoms with Gasteiger partial charge in [-0.1, -0.05) is 6.92 Å². The molecule has 0 bridgehead atoms. The number of aliphatic hydroxyl groups excluding tert-OH is 1. The topological polar surface area (TPSA) is 49.8 Å². The molecule has 100 valence electrons. The molecular weight excluding hydrogens is 298 g/mol. The van der Waals surface area contributed by atoms with Crippen molar-refractivity contribution in [1.29, 1.82) is 0 Å². The van der Waals surface area contributed by atoms with Crippen LogP contribution in [0.5, 0.6) is 5.75 Å². The van der Waals surface area contributed by atoms with Crippen LogP contribution >= 0.6 is 15.9 Å². The zero-order valence-corrected chi connectivity index (χ0v) is 12.2.